The second kappa shape index (κ2) is 7.10. The van der Waals surface area contributed by atoms with Crippen LogP contribution in [0.5, 0.6) is 5.75 Å². The molecule has 0 aliphatic rings. The van der Waals surface area contributed by atoms with E-state index in [2.05, 4.69) is 4.18 Å². The Morgan fingerprint density at radius 1 is 0.960 bits per heavy atom. The number of hydrogen-bond acceptors (Lipinski definition) is 4. The summed E-state index contributed by atoms with van der Waals surface area (Å²) in [5, 5.41) is 0. The number of hydrogen-bond donors (Lipinski definition) is 0. The van der Waals surface area contributed by atoms with Crippen LogP contribution >= 0.6 is 0 Å². The van der Waals surface area contributed by atoms with E-state index in [1.54, 1.807) is 12.2 Å². The summed E-state index contributed by atoms with van der Waals surface area (Å²) >= 11 is 0. The minimum Gasteiger partial charge on any atom is -0.375 e. The molecule has 0 aliphatic carbocycles. The lowest BCUT2D eigenvalue weighted by Crippen LogP contribution is -2.28. The van der Waals surface area contributed by atoms with Crippen LogP contribution in [-0.4, -0.2) is 20.2 Å². The zero-order valence-corrected chi connectivity index (χ0v) is 13.8. The lowest BCUT2D eigenvalue weighted by Gasteiger charge is -2.11. The van der Waals surface area contributed by atoms with Crippen LogP contribution in [0.3, 0.4) is 0 Å². The van der Waals surface area contributed by atoms with Gasteiger partial charge in [-0.2, -0.15) is 21.6 Å². The summed E-state index contributed by atoms with van der Waals surface area (Å²) in [6.07, 6.45) is 3.61. The predicted octanol–water partition coefficient (Wildman–Crippen LogP) is 4.21. The molecule has 0 spiro atoms. The molecule has 2 aromatic carbocycles. The normalized spacial score (nSPS) is 12.3. The summed E-state index contributed by atoms with van der Waals surface area (Å²) in [7, 11) is -5.83. The maximum Gasteiger partial charge on any atom is 0.534 e. The number of carbonyl (C=O) groups is 1. The van der Waals surface area contributed by atoms with Gasteiger partial charge in [0.2, 0.25) is 0 Å². The van der Waals surface area contributed by atoms with E-state index in [1.165, 1.54) is 12.1 Å². The molecule has 8 heteroatoms. The SMILES string of the molecule is Cc1ccc(/C=C/c2ccc(OS(=O)(=O)C(F)(F)F)c(C=O)c2)cc1. The monoisotopic (exact) mass is 370 g/mol. The van der Waals surface area contributed by atoms with Gasteiger partial charge >= 0.3 is 15.6 Å². The van der Waals surface area contributed by atoms with Gasteiger partial charge in [-0.25, -0.2) is 0 Å². The van der Waals surface area contributed by atoms with Gasteiger partial charge in [-0.1, -0.05) is 48.0 Å². The van der Waals surface area contributed by atoms with Crippen LogP contribution in [0.4, 0.5) is 13.2 Å². The summed E-state index contributed by atoms with van der Waals surface area (Å²) in [4.78, 5) is 11.0. The molecule has 0 bridgehead atoms. The van der Waals surface area contributed by atoms with Crippen molar-refractivity contribution in [1.29, 1.82) is 0 Å². The van der Waals surface area contributed by atoms with Gasteiger partial charge in [0.15, 0.2) is 12.0 Å². The van der Waals surface area contributed by atoms with Crippen molar-refractivity contribution >= 4 is 28.6 Å². The Labute approximate surface area is 142 Å². The van der Waals surface area contributed by atoms with E-state index in [4.69, 9.17) is 0 Å². The van der Waals surface area contributed by atoms with Gasteiger partial charge in [-0.3, -0.25) is 4.79 Å². The summed E-state index contributed by atoms with van der Waals surface area (Å²) in [6, 6.07) is 11.2. The Balaban J connectivity index is 2.27. The molecule has 0 amide bonds. The van der Waals surface area contributed by atoms with Crippen molar-refractivity contribution in [2.45, 2.75) is 12.4 Å². The molecular weight excluding hydrogens is 357 g/mol. The average Bonchev–Trinajstić information content (AvgIpc) is 2.54. The third kappa shape index (κ3) is 4.69. The van der Waals surface area contributed by atoms with E-state index < -0.39 is 21.4 Å². The zero-order chi connectivity index (χ0) is 18.7. The molecule has 2 aromatic rings. The fourth-order valence-electron chi connectivity index (χ4n) is 1.87. The second-order valence-corrected chi connectivity index (χ2v) is 6.68. The topological polar surface area (TPSA) is 60.4 Å². The van der Waals surface area contributed by atoms with Crippen molar-refractivity contribution in [1.82, 2.24) is 0 Å². The van der Waals surface area contributed by atoms with Crippen LogP contribution in [0.25, 0.3) is 12.2 Å². The molecule has 25 heavy (non-hydrogen) atoms. The summed E-state index contributed by atoms with van der Waals surface area (Å²) < 4.78 is 63.2. The number of alkyl halides is 3. The first-order valence-corrected chi connectivity index (χ1v) is 8.38. The molecule has 2 rings (SSSR count). The molecule has 0 fully saturated rings. The molecule has 0 saturated carbocycles. The van der Waals surface area contributed by atoms with Crippen molar-refractivity contribution in [3.05, 3.63) is 64.7 Å². The highest BCUT2D eigenvalue weighted by atomic mass is 32.2. The molecule has 0 radical (unpaired) electrons. The van der Waals surface area contributed by atoms with Crippen LogP contribution in [-0.2, 0) is 10.1 Å². The van der Waals surface area contributed by atoms with Crippen LogP contribution in [0, 0.1) is 6.92 Å². The number of halogens is 3. The summed E-state index contributed by atoms with van der Waals surface area (Å²) in [5.41, 5.74) is -3.40. The van der Waals surface area contributed by atoms with Gasteiger partial charge in [0.1, 0.15) is 0 Å². The average molecular weight is 370 g/mol. The van der Waals surface area contributed by atoms with E-state index in [0.29, 0.717) is 5.56 Å². The Morgan fingerprint density at radius 3 is 2.08 bits per heavy atom. The minimum atomic E-state index is -5.83. The molecular formula is C17H13F3O4S. The highest BCUT2D eigenvalue weighted by molar-refractivity contribution is 7.88. The number of rotatable bonds is 5. The van der Waals surface area contributed by atoms with Crippen LogP contribution in [0.1, 0.15) is 27.0 Å². The van der Waals surface area contributed by atoms with Crippen LogP contribution < -0.4 is 4.18 Å². The quantitative estimate of drug-likeness (QED) is 0.342. The maximum absolute atomic E-state index is 12.4. The van der Waals surface area contributed by atoms with Gasteiger partial charge in [0.05, 0.1) is 5.56 Å². The van der Waals surface area contributed by atoms with Crippen molar-refractivity contribution in [2.75, 3.05) is 0 Å². The Bertz CT molecular complexity index is 898. The third-order valence-corrected chi connectivity index (χ3v) is 4.16. The minimum absolute atomic E-state index is 0.227. The maximum atomic E-state index is 12.4. The van der Waals surface area contributed by atoms with E-state index in [0.717, 1.165) is 17.2 Å². The molecule has 4 nitrogen and oxygen atoms in total. The highest BCUT2D eigenvalue weighted by Gasteiger charge is 2.48. The summed E-state index contributed by atoms with van der Waals surface area (Å²) in [5.74, 6) is -0.681. The molecule has 0 unspecified atom stereocenters. The molecule has 0 aliphatic heterocycles. The van der Waals surface area contributed by atoms with Crippen molar-refractivity contribution in [3.63, 3.8) is 0 Å². The first-order chi connectivity index (χ1) is 11.6. The molecule has 0 aromatic heterocycles. The van der Waals surface area contributed by atoms with E-state index in [9.17, 15) is 26.4 Å². The standard InChI is InChI=1S/C17H13F3O4S/c1-12-2-4-13(5-3-12)6-7-14-8-9-16(15(10-14)11-21)24-25(22,23)17(18,19)20/h2-11H,1H3/b7-6+. The van der Waals surface area contributed by atoms with E-state index in [-0.39, 0.29) is 11.8 Å². The van der Waals surface area contributed by atoms with Crippen LogP contribution in [0.15, 0.2) is 42.5 Å². The number of benzene rings is 2. The number of carbonyl (C=O) groups excluding carboxylic acids is 1. The molecule has 0 N–H and O–H groups in total. The Kier molecular flexibility index (Phi) is 5.32. The first-order valence-electron chi connectivity index (χ1n) is 6.97. The fourth-order valence-corrected chi connectivity index (χ4v) is 2.36. The summed E-state index contributed by atoms with van der Waals surface area (Å²) in [6.45, 7) is 1.94. The van der Waals surface area contributed by atoms with Gasteiger partial charge in [-0.05, 0) is 30.2 Å². The number of aryl methyl sites for hydroxylation is 1. The number of aldehydes is 1. The fraction of sp³-hybridized carbons (Fsp3) is 0.118. The van der Waals surface area contributed by atoms with E-state index in [1.807, 2.05) is 31.2 Å². The zero-order valence-electron chi connectivity index (χ0n) is 12.9. The third-order valence-electron chi connectivity index (χ3n) is 3.19. The highest BCUT2D eigenvalue weighted by Crippen LogP contribution is 2.29. The second-order valence-electron chi connectivity index (χ2n) is 5.14. The predicted molar refractivity (Wildman–Crippen MR) is 87.5 cm³/mol. The molecule has 0 atom stereocenters. The van der Waals surface area contributed by atoms with Gasteiger partial charge in [0.25, 0.3) is 0 Å². The molecule has 0 heterocycles. The smallest absolute Gasteiger partial charge is 0.375 e. The van der Waals surface area contributed by atoms with E-state index >= 15 is 0 Å². The van der Waals surface area contributed by atoms with Crippen LogP contribution in [0.2, 0.25) is 0 Å². The van der Waals surface area contributed by atoms with Gasteiger partial charge in [0, 0.05) is 0 Å². The van der Waals surface area contributed by atoms with Gasteiger partial charge in [-0.15, -0.1) is 0 Å². The van der Waals surface area contributed by atoms with Crippen molar-refractivity contribution < 1.29 is 30.6 Å². The Hall–Kier alpha value is -2.61. The van der Waals surface area contributed by atoms with Crippen molar-refractivity contribution in [3.8, 4) is 5.75 Å². The Morgan fingerprint density at radius 2 is 1.52 bits per heavy atom. The lowest BCUT2D eigenvalue weighted by atomic mass is 10.1. The van der Waals surface area contributed by atoms with Gasteiger partial charge < -0.3 is 4.18 Å². The first kappa shape index (κ1) is 18.7. The lowest BCUT2D eigenvalue weighted by molar-refractivity contribution is -0.0500. The largest absolute Gasteiger partial charge is 0.534 e. The molecule has 0 saturated heterocycles. The van der Waals surface area contributed by atoms with Crippen molar-refractivity contribution in [2.24, 2.45) is 0 Å². The molecule has 132 valence electrons.